The van der Waals surface area contributed by atoms with Crippen LogP contribution < -0.4 is 0 Å². The fraction of sp³-hybridized carbons (Fsp3) is 0.300. The maximum absolute atomic E-state index is 6.02. The van der Waals surface area contributed by atoms with Crippen molar-refractivity contribution in [1.29, 1.82) is 0 Å². The highest BCUT2D eigenvalue weighted by molar-refractivity contribution is 6.47. The first kappa shape index (κ1) is 11.1. The lowest BCUT2D eigenvalue weighted by atomic mass is 10.3. The van der Waals surface area contributed by atoms with E-state index in [2.05, 4.69) is 4.98 Å². The average molecular weight is 264 g/mol. The molecule has 0 saturated carbocycles. The number of hydrogen-bond acceptors (Lipinski definition) is 1. The lowest BCUT2D eigenvalue weighted by Gasteiger charge is -2.12. The van der Waals surface area contributed by atoms with E-state index in [-0.39, 0.29) is 0 Å². The van der Waals surface area contributed by atoms with Crippen LogP contribution in [0.3, 0.4) is 0 Å². The van der Waals surface area contributed by atoms with Gasteiger partial charge in [0.1, 0.15) is 5.82 Å². The van der Waals surface area contributed by atoms with Crippen molar-refractivity contribution in [1.82, 2.24) is 9.55 Å². The van der Waals surface area contributed by atoms with Crippen molar-refractivity contribution in [3.63, 3.8) is 0 Å². The van der Waals surface area contributed by atoms with Crippen LogP contribution in [0.25, 0.3) is 11.0 Å². The van der Waals surface area contributed by atoms with Crippen LogP contribution in [0.2, 0.25) is 5.02 Å². The molecule has 2 nitrogen and oxygen atoms in total. The Kier molecular flexibility index (Phi) is 2.61. The maximum Gasteiger partial charge on any atom is 0.172 e. The van der Waals surface area contributed by atoms with Gasteiger partial charge in [0.25, 0.3) is 0 Å². The second kappa shape index (κ2) is 3.55. The predicted octanol–water partition coefficient (Wildman–Crippen LogP) is 3.88. The fourth-order valence-electron chi connectivity index (χ4n) is 1.56. The molecule has 2 rings (SSSR count). The maximum atomic E-state index is 6.02. The Bertz CT molecular complexity index is 511. The van der Waals surface area contributed by atoms with Gasteiger partial charge in [-0.1, -0.05) is 34.8 Å². The van der Waals surface area contributed by atoms with E-state index in [0.717, 1.165) is 11.0 Å². The Labute approximate surface area is 103 Å². The molecule has 0 bridgehead atoms. The number of aromatic nitrogens is 2. The molecule has 0 atom stereocenters. The minimum absolute atomic E-state index is 0.614. The Hall–Kier alpha value is -0.440. The summed E-state index contributed by atoms with van der Waals surface area (Å²) >= 11 is 18.0. The van der Waals surface area contributed by atoms with Crippen molar-refractivity contribution < 1.29 is 0 Å². The standard InChI is InChI=1S/C10H9Cl3N2/c1-10(12,13)9-14-7-4-3-6(11)5-8(7)15(9)2/h3-5H,1-2H3. The second-order valence-corrected chi connectivity index (χ2v) is 5.66. The summed E-state index contributed by atoms with van der Waals surface area (Å²) in [6.45, 7) is 1.69. The number of hydrogen-bond donors (Lipinski definition) is 0. The molecule has 0 amide bonds. The molecule has 0 aliphatic rings. The van der Waals surface area contributed by atoms with Crippen molar-refractivity contribution >= 4 is 45.8 Å². The molecule has 1 aromatic heterocycles. The molecule has 1 heterocycles. The van der Waals surface area contributed by atoms with Gasteiger partial charge < -0.3 is 4.57 Å². The topological polar surface area (TPSA) is 17.8 Å². The molecule has 5 heteroatoms. The molecule has 0 spiro atoms. The highest BCUT2D eigenvalue weighted by atomic mass is 35.5. The van der Waals surface area contributed by atoms with Crippen molar-refractivity contribution in [3.8, 4) is 0 Å². The lowest BCUT2D eigenvalue weighted by Crippen LogP contribution is -2.11. The van der Waals surface area contributed by atoms with Crippen molar-refractivity contribution in [2.75, 3.05) is 0 Å². The summed E-state index contributed by atoms with van der Waals surface area (Å²) in [6, 6.07) is 5.48. The summed E-state index contributed by atoms with van der Waals surface area (Å²) in [5.41, 5.74) is 1.76. The van der Waals surface area contributed by atoms with E-state index in [1.165, 1.54) is 0 Å². The Balaban J connectivity index is 2.76. The van der Waals surface area contributed by atoms with Gasteiger partial charge in [-0.25, -0.2) is 4.98 Å². The van der Waals surface area contributed by atoms with E-state index in [1.807, 2.05) is 23.7 Å². The van der Waals surface area contributed by atoms with Gasteiger partial charge in [0.15, 0.2) is 4.33 Å². The van der Waals surface area contributed by atoms with Crippen molar-refractivity contribution in [3.05, 3.63) is 29.0 Å². The van der Waals surface area contributed by atoms with Crippen LogP contribution >= 0.6 is 34.8 Å². The number of alkyl halides is 2. The second-order valence-electron chi connectivity index (χ2n) is 3.52. The molecule has 0 radical (unpaired) electrons. The number of imidazole rings is 1. The molecule has 0 saturated heterocycles. The minimum Gasteiger partial charge on any atom is -0.329 e. The van der Waals surface area contributed by atoms with Gasteiger partial charge in [0, 0.05) is 12.1 Å². The molecule has 0 N–H and O–H groups in total. The summed E-state index contributed by atoms with van der Waals surface area (Å²) in [6.07, 6.45) is 0. The Morgan fingerprint density at radius 2 is 2.00 bits per heavy atom. The third kappa shape index (κ3) is 1.94. The van der Waals surface area contributed by atoms with Gasteiger partial charge in [-0.2, -0.15) is 0 Å². The first-order valence-electron chi connectivity index (χ1n) is 4.40. The first-order valence-corrected chi connectivity index (χ1v) is 5.53. The van der Waals surface area contributed by atoms with Crippen LogP contribution in [0.15, 0.2) is 18.2 Å². The molecule has 15 heavy (non-hydrogen) atoms. The van der Waals surface area contributed by atoms with E-state index in [1.54, 1.807) is 13.0 Å². The summed E-state index contributed by atoms with van der Waals surface area (Å²) in [4.78, 5) is 4.37. The van der Waals surface area contributed by atoms with Gasteiger partial charge in [-0.15, -0.1) is 0 Å². The van der Waals surface area contributed by atoms with E-state index in [4.69, 9.17) is 34.8 Å². The van der Waals surface area contributed by atoms with Crippen LogP contribution in [0.5, 0.6) is 0 Å². The molecule has 1 aromatic carbocycles. The molecule has 80 valence electrons. The van der Waals surface area contributed by atoms with Crippen LogP contribution in [-0.2, 0) is 11.4 Å². The van der Waals surface area contributed by atoms with E-state index in [9.17, 15) is 0 Å². The highest BCUT2D eigenvalue weighted by Gasteiger charge is 2.26. The molecule has 0 aliphatic carbocycles. The van der Waals surface area contributed by atoms with Crippen LogP contribution in [-0.4, -0.2) is 9.55 Å². The molecule has 0 unspecified atom stereocenters. The van der Waals surface area contributed by atoms with Gasteiger partial charge in [-0.05, 0) is 25.1 Å². The number of benzene rings is 1. The average Bonchev–Trinajstić information content (AvgIpc) is 2.43. The van der Waals surface area contributed by atoms with Gasteiger partial charge >= 0.3 is 0 Å². The minimum atomic E-state index is -1.000. The number of rotatable bonds is 1. The van der Waals surface area contributed by atoms with Crippen molar-refractivity contribution in [2.24, 2.45) is 7.05 Å². The van der Waals surface area contributed by atoms with Gasteiger partial charge in [0.05, 0.1) is 11.0 Å². The zero-order valence-electron chi connectivity index (χ0n) is 8.26. The summed E-state index contributed by atoms with van der Waals surface area (Å²) in [5, 5.41) is 0.669. The summed E-state index contributed by atoms with van der Waals surface area (Å²) < 4.78 is 0.849. The lowest BCUT2D eigenvalue weighted by molar-refractivity contribution is 0.769. The quantitative estimate of drug-likeness (QED) is 0.714. The molecule has 2 aromatic rings. The van der Waals surface area contributed by atoms with E-state index < -0.39 is 4.33 Å². The zero-order chi connectivity index (χ0) is 11.2. The Morgan fingerprint density at radius 3 is 2.60 bits per heavy atom. The number of fused-ring (bicyclic) bond motifs is 1. The summed E-state index contributed by atoms with van der Waals surface area (Å²) in [7, 11) is 1.87. The first-order chi connectivity index (χ1) is 6.89. The fourth-order valence-corrected chi connectivity index (χ4v) is 2.06. The number of aryl methyl sites for hydroxylation is 1. The molecular weight excluding hydrogens is 254 g/mol. The van der Waals surface area contributed by atoms with E-state index >= 15 is 0 Å². The van der Waals surface area contributed by atoms with Crippen LogP contribution in [0.1, 0.15) is 12.7 Å². The molecule has 0 aliphatic heterocycles. The van der Waals surface area contributed by atoms with E-state index in [0.29, 0.717) is 10.8 Å². The van der Waals surface area contributed by atoms with Crippen LogP contribution in [0, 0.1) is 0 Å². The van der Waals surface area contributed by atoms with Crippen molar-refractivity contribution in [2.45, 2.75) is 11.3 Å². The predicted molar refractivity (Wildman–Crippen MR) is 64.8 cm³/mol. The number of nitrogens with zero attached hydrogens (tertiary/aromatic N) is 2. The zero-order valence-corrected chi connectivity index (χ0v) is 10.5. The normalized spacial score (nSPS) is 12.3. The SMILES string of the molecule is Cn1c(C(C)(Cl)Cl)nc2ccc(Cl)cc21. The monoisotopic (exact) mass is 262 g/mol. The molecular formula is C10H9Cl3N2. The van der Waals surface area contributed by atoms with Gasteiger partial charge in [0.2, 0.25) is 0 Å². The number of halogens is 3. The Morgan fingerprint density at radius 1 is 1.33 bits per heavy atom. The third-order valence-electron chi connectivity index (χ3n) is 2.24. The van der Waals surface area contributed by atoms with Crippen LogP contribution in [0.4, 0.5) is 0 Å². The third-order valence-corrected chi connectivity index (χ3v) is 2.81. The highest BCUT2D eigenvalue weighted by Crippen LogP contribution is 2.34. The molecule has 0 fully saturated rings. The van der Waals surface area contributed by atoms with Gasteiger partial charge in [-0.3, -0.25) is 0 Å². The smallest absolute Gasteiger partial charge is 0.172 e. The summed E-state index contributed by atoms with van der Waals surface area (Å²) in [5.74, 6) is 0.614. The largest absolute Gasteiger partial charge is 0.329 e.